The van der Waals surface area contributed by atoms with Crippen LogP contribution in [0.2, 0.25) is 0 Å². The number of hydrogen-bond acceptors (Lipinski definition) is 2. The van der Waals surface area contributed by atoms with Crippen LogP contribution in [0.4, 0.5) is 0 Å². The lowest BCUT2D eigenvalue weighted by atomic mass is 10.1. The molecule has 2 N–H and O–H groups in total. The van der Waals surface area contributed by atoms with E-state index in [1.807, 2.05) is 30.3 Å². The Balaban J connectivity index is 2.40. The van der Waals surface area contributed by atoms with Crippen molar-refractivity contribution in [3.8, 4) is 0 Å². The van der Waals surface area contributed by atoms with Gasteiger partial charge in [0.1, 0.15) is 6.17 Å². The highest BCUT2D eigenvalue weighted by atomic mass is 35.6. The van der Waals surface area contributed by atoms with Crippen molar-refractivity contribution in [2.45, 2.75) is 62.0 Å². The molecule has 1 atom stereocenters. The molecule has 1 unspecified atom stereocenters. The maximum absolute atomic E-state index is 12.0. The number of rotatable bonds is 10. The third kappa shape index (κ3) is 9.41. The van der Waals surface area contributed by atoms with Crippen LogP contribution in [-0.2, 0) is 11.3 Å². The quantitative estimate of drug-likeness (QED) is 0.343. The molecule has 130 valence electrons. The lowest BCUT2D eigenvalue weighted by Gasteiger charge is -2.26. The molecule has 3 nitrogen and oxygen atoms in total. The van der Waals surface area contributed by atoms with Gasteiger partial charge < -0.3 is 5.32 Å². The van der Waals surface area contributed by atoms with Crippen LogP contribution in [0.25, 0.3) is 0 Å². The van der Waals surface area contributed by atoms with Gasteiger partial charge >= 0.3 is 0 Å². The normalized spacial score (nSPS) is 12.9. The molecule has 0 saturated heterocycles. The Hall–Kier alpha value is -0.480. The molecule has 0 aliphatic carbocycles. The largest absolute Gasteiger partial charge is 0.337 e. The summed E-state index contributed by atoms with van der Waals surface area (Å²) >= 11 is 17.9. The molecule has 0 aliphatic heterocycles. The van der Waals surface area contributed by atoms with E-state index in [4.69, 9.17) is 34.8 Å². The zero-order chi connectivity index (χ0) is 17.1. The van der Waals surface area contributed by atoms with E-state index in [0.29, 0.717) is 13.0 Å². The summed E-state index contributed by atoms with van der Waals surface area (Å²) < 4.78 is -1.60. The van der Waals surface area contributed by atoms with Crippen LogP contribution in [0.3, 0.4) is 0 Å². The molecule has 1 amide bonds. The highest BCUT2D eigenvalue weighted by Gasteiger charge is 2.33. The third-order valence-electron chi connectivity index (χ3n) is 3.49. The van der Waals surface area contributed by atoms with Crippen LogP contribution in [0, 0.1) is 0 Å². The summed E-state index contributed by atoms with van der Waals surface area (Å²) in [4.78, 5) is 12.0. The molecule has 0 bridgehead atoms. The number of unbranched alkanes of at least 4 members (excludes halogenated alkanes) is 4. The van der Waals surface area contributed by atoms with Crippen LogP contribution in [0.1, 0.15) is 51.0 Å². The van der Waals surface area contributed by atoms with Gasteiger partial charge in [-0.25, -0.2) is 0 Å². The average Bonchev–Trinajstić information content (AvgIpc) is 2.51. The van der Waals surface area contributed by atoms with E-state index in [2.05, 4.69) is 17.6 Å². The van der Waals surface area contributed by atoms with Gasteiger partial charge in [-0.3, -0.25) is 10.1 Å². The molecule has 0 heterocycles. The minimum atomic E-state index is -1.60. The second-order valence-electron chi connectivity index (χ2n) is 5.57. The average molecular weight is 380 g/mol. The van der Waals surface area contributed by atoms with Crippen LogP contribution in [0.5, 0.6) is 0 Å². The molecule has 0 fully saturated rings. The Labute approximate surface area is 154 Å². The molecule has 1 aromatic rings. The van der Waals surface area contributed by atoms with Crippen LogP contribution in [0.15, 0.2) is 30.3 Å². The van der Waals surface area contributed by atoms with E-state index in [-0.39, 0.29) is 5.91 Å². The van der Waals surface area contributed by atoms with Crippen molar-refractivity contribution >= 4 is 40.7 Å². The Bertz CT molecular complexity index is 449. The predicted octanol–water partition coefficient (Wildman–Crippen LogP) is 4.95. The number of carbonyl (C=O) groups is 1. The lowest BCUT2D eigenvalue weighted by Crippen LogP contribution is -2.53. The van der Waals surface area contributed by atoms with Gasteiger partial charge in [-0.15, -0.1) is 0 Å². The number of benzene rings is 1. The first kappa shape index (κ1) is 20.6. The fraction of sp³-hybridized carbons (Fsp3) is 0.588. The van der Waals surface area contributed by atoms with Crippen LogP contribution >= 0.6 is 34.8 Å². The lowest BCUT2D eigenvalue weighted by molar-refractivity contribution is -0.122. The summed E-state index contributed by atoms with van der Waals surface area (Å²) in [5.74, 6) is -0.0987. The number of halogens is 3. The van der Waals surface area contributed by atoms with Crippen LogP contribution < -0.4 is 10.6 Å². The monoisotopic (exact) mass is 378 g/mol. The maximum atomic E-state index is 12.0. The standard InChI is InChI=1S/C17H25Cl3N2O/c1-2-3-4-5-9-12-15(23)22-16(17(18,19)20)21-13-14-10-7-6-8-11-14/h6-8,10-11,16,21H,2-5,9,12-13H2,1H3,(H,22,23). The number of nitrogens with one attached hydrogen (secondary N) is 2. The fourth-order valence-corrected chi connectivity index (χ4v) is 2.58. The van der Waals surface area contributed by atoms with Gasteiger partial charge in [-0.1, -0.05) is 97.7 Å². The molecular weight excluding hydrogens is 355 g/mol. The fourth-order valence-electron chi connectivity index (χ4n) is 2.19. The van der Waals surface area contributed by atoms with Gasteiger partial charge in [0, 0.05) is 13.0 Å². The predicted molar refractivity (Wildman–Crippen MR) is 98.9 cm³/mol. The van der Waals surface area contributed by atoms with Crippen molar-refractivity contribution in [3.63, 3.8) is 0 Å². The molecule has 0 saturated carbocycles. The summed E-state index contributed by atoms with van der Waals surface area (Å²) in [7, 11) is 0. The Kier molecular flexibility index (Phi) is 9.96. The molecule has 23 heavy (non-hydrogen) atoms. The number of hydrogen-bond donors (Lipinski definition) is 2. The highest BCUT2D eigenvalue weighted by Crippen LogP contribution is 2.29. The summed E-state index contributed by atoms with van der Waals surface area (Å²) in [5, 5.41) is 5.86. The Morgan fingerprint density at radius 3 is 2.35 bits per heavy atom. The van der Waals surface area contributed by atoms with Crippen molar-refractivity contribution in [2.24, 2.45) is 0 Å². The van der Waals surface area contributed by atoms with E-state index in [9.17, 15) is 4.79 Å². The van der Waals surface area contributed by atoms with E-state index in [1.165, 1.54) is 12.8 Å². The minimum Gasteiger partial charge on any atom is -0.337 e. The SMILES string of the molecule is CCCCCCCC(=O)NC(NCc1ccccc1)C(Cl)(Cl)Cl. The van der Waals surface area contributed by atoms with Gasteiger partial charge in [0.2, 0.25) is 9.70 Å². The van der Waals surface area contributed by atoms with Crippen molar-refractivity contribution in [3.05, 3.63) is 35.9 Å². The number of alkyl halides is 3. The zero-order valence-electron chi connectivity index (χ0n) is 13.5. The van der Waals surface area contributed by atoms with Crippen molar-refractivity contribution in [1.29, 1.82) is 0 Å². The van der Waals surface area contributed by atoms with Gasteiger partial charge in [0.15, 0.2) is 0 Å². The maximum Gasteiger partial charge on any atom is 0.223 e. The highest BCUT2D eigenvalue weighted by molar-refractivity contribution is 6.68. The number of amides is 1. The first-order chi connectivity index (χ1) is 10.9. The summed E-state index contributed by atoms with van der Waals surface area (Å²) in [6, 6.07) is 9.76. The van der Waals surface area contributed by atoms with Gasteiger partial charge in [-0.05, 0) is 12.0 Å². The Morgan fingerprint density at radius 2 is 1.74 bits per heavy atom. The number of carbonyl (C=O) groups excluding carboxylic acids is 1. The first-order valence-corrected chi connectivity index (χ1v) is 9.20. The second-order valence-corrected chi connectivity index (χ2v) is 7.94. The molecule has 0 aromatic heterocycles. The molecule has 1 aromatic carbocycles. The van der Waals surface area contributed by atoms with E-state index in [1.54, 1.807) is 0 Å². The smallest absolute Gasteiger partial charge is 0.223 e. The minimum absolute atomic E-state index is 0.0987. The topological polar surface area (TPSA) is 41.1 Å². The third-order valence-corrected chi connectivity index (χ3v) is 4.15. The van der Waals surface area contributed by atoms with Crippen molar-refractivity contribution in [1.82, 2.24) is 10.6 Å². The van der Waals surface area contributed by atoms with Crippen molar-refractivity contribution < 1.29 is 4.79 Å². The molecular formula is C17H25Cl3N2O. The Morgan fingerprint density at radius 1 is 1.09 bits per heavy atom. The second kappa shape index (κ2) is 11.1. The van der Waals surface area contributed by atoms with Crippen LogP contribution in [-0.4, -0.2) is 15.9 Å². The summed E-state index contributed by atoms with van der Waals surface area (Å²) in [6.45, 7) is 2.67. The zero-order valence-corrected chi connectivity index (χ0v) is 15.7. The molecule has 0 spiro atoms. The molecule has 0 radical (unpaired) electrons. The first-order valence-electron chi connectivity index (χ1n) is 8.07. The van der Waals surface area contributed by atoms with E-state index in [0.717, 1.165) is 24.8 Å². The van der Waals surface area contributed by atoms with Gasteiger partial charge in [0.05, 0.1) is 0 Å². The van der Waals surface area contributed by atoms with E-state index < -0.39 is 9.96 Å². The van der Waals surface area contributed by atoms with Gasteiger partial charge in [0.25, 0.3) is 0 Å². The summed E-state index contributed by atoms with van der Waals surface area (Å²) in [5.41, 5.74) is 1.06. The van der Waals surface area contributed by atoms with Crippen molar-refractivity contribution in [2.75, 3.05) is 0 Å². The van der Waals surface area contributed by atoms with E-state index >= 15 is 0 Å². The molecule has 6 heteroatoms. The summed E-state index contributed by atoms with van der Waals surface area (Å²) in [6.07, 6.45) is 5.18. The van der Waals surface area contributed by atoms with Gasteiger partial charge in [-0.2, -0.15) is 0 Å². The molecule has 1 rings (SSSR count). The molecule has 0 aliphatic rings.